The van der Waals surface area contributed by atoms with E-state index in [9.17, 15) is 17.6 Å². The summed E-state index contributed by atoms with van der Waals surface area (Å²) < 4.78 is 57.2. The number of anilines is 1. The highest BCUT2D eigenvalue weighted by Gasteiger charge is 2.34. The van der Waals surface area contributed by atoms with Crippen molar-refractivity contribution >= 4 is 11.6 Å². The maximum absolute atomic E-state index is 13.8. The van der Waals surface area contributed by atoms with Gasteiger partial charge in [0.25, 0.3) is 0 Å². The molecule has 1 aromatic rings. The molecule has 3 nitrogen and oxygen atoms in total. The average Bonchev–Trinajstić information content (AvgIpc) is 2.96. The molecule has 7 heteroatoms. The Kier molecular flexibility index (Phi) is 6.07. The number of hydrogen-bond donors (Lipinski definition) is 0. The fraction of sp³-hybridized carbons (Fsp3) is 0.588. The van der Waals surface area contributed by atoms with Crippen molar-refractivity contribution in [1.82, 2.24) is 0 Å². The van der Waals surface area contributed by atoms with Gasteiger partial charge in [0.15, 0.2) is 5.90 Å². The van der Waals surface area contributed by atoms with Crippen LogP contribution in [0.3, 0.4) is 0 Å². The summed E-state index contributed by atoms with van der Waals surface area (Å²) in [5.74, 6) is -0.523. The Morgan fingerprint density at radius 2 is 2.04 bits per heavy atom. The lowest BCUT2D eigenvalue weighted by molar-refractivity contribution is -0.139. The van der Waals surface area contributed by atoms with E-state index in [1.165, 1.54) is 6.07 Å². The molecule has 1 aliphatic heterocycles. The van der Waals surface area contributed by atoms with Crippen LogP contribution in [-0.2, 0) is 10.9 Å². The molecule has 0 unspecified atom stereocenters. The van der Waals surface area contributed by atoms with Crippen LogP contribution in [0, 0.1) is 5.82 Å². The molecule has 0 fully saturated rings. The van der Waals surface area contributed by atoms with Gasteiger partial charge in [-0.15, -0.1) is 0 Å². The highest BCUT2D eigenvalue weighted by Crippen LogP contribution is 2.33. The smallest absolute Gasteiger partial charge is 0.419 e. The fourth-order valence-electron chi connectivity index (χ4n) is 2.63. The molecule has 0 radical (unpaired) electrons. The topological polar surface area (TPSA) is 24.8 Å². The molecule has 0 aromatic heterocycles. The lowest BCUT2D eigenvalue weighted by Crippen LogP contribution is -2.32. The molecule has 2 rings (SSSR count). The zero-order valence-electron chi connectivity index (χ0n) is 13.9. The van der Waals surface area contributed by atoms with E-state index in [1.807, 2.05) is 11.8 Å². The van der Waals surface area contributed by atoms with Crippen molar-refractivity contribution in [3.63, 3.8) is 0 Å². The third-order valence-corrected chi connectivity index (χ3v) is 3.95. The van der Waals surface area contributed by atoms with Crippen LogP contribution in [0.2, 0.25) is 0 Å². The van der Waals surface area contributed by atoms with Gasteiger partial charge in [-0.05, 0) is 31.5 Å². The highest BCUT2D eigenvalue weighted by molar-refractivity contribution is 5.77. The molecular formula is C17H22F4N2O. The summed E-state index contributed by atoms with van der Waals surface area (Å²) in [6.07, 6.45) is -1.82. The van der Waals surface area contributed by atoms with E-state index in [-0.39, 0.29) is 6.04 Å². The molecule has 0 amide bonds. The third-order valence-electron chi connectivity index (χ3n) is 3.95. The van der Waals surface area contributed by atoms with Crippen LogP contribution < -0.4 is 4.90 Å². The highest BCUT2D eigenvalue weighted by atomic mass is 19.4. The largest absolute Gasteiger partial charge is 0.479 e. The van der Waals surface area contributed by atoms with Crippen molar-refractivity contribution in [3.8, 4) is 0 Å². The van der Waals surface area contributed by atoms with Crippen LogP contribution in [0.1, 0.15) is 38.7 Å². The Morgan fingerprint density at radius 3 is 2.62 bits per heavy atom. The second kappa shape index (κ2) is 7.85. The first-order chi connectivity index (χ1) is 11.3. The van der Waals surface area contributed by atoms with Crippen molar-refractivity contribution < 1.29 is 22.3 Å². The molecule has 0 bridgehead atoms. The first-order valence-corrected chi connectivity index (χ1v) is 8.16. The Balaban J connectivity index is 2.07. The predicted molar refractivity (Wildman–Crippen MR) is 86.0 cm³/mol. The normalized spacial score (nSPS) is 17.6. The lowest BCUT2D eigenvalue weighted by Gasteiger charge is -2.25. The number of ether oxygens (including phenoxy) is 1. The Labute approximate surface area is 139 Å². The van der Waals surface area contributed by atoms with Gasteiger partial charge in [-0.3, -0.25) is 0 Å². The number of alkyl halides is 3. The number of nitrogens with zero attached hydrogens (tertiary/aromatic N) is 2. The Morgan fingerprint density at radius 1 is 1.29 bits per heavy atom. The van der Waals surface area contributed by atoms with Gasteiger partial charge < -0.3 is 9.64 Å². The third kappa shape index (κ3) is 4.61. The van der Waals surface area contributed by atoms with E-state index < -0.39 is 17.6 Å². The number of benzene rings is 1. The van der Waals surface area contributed by atoms with E-state index in [0.717, 1.165) is 37.3 Å². The number of likely N-dealkylation sites (N-methyl/N-ethyl adjacent to an activating group) is 1. The van der Waals surface area contributed by atoms with E-state index in [4.69, 9.17) is 4.74 Å². The van der Waals surface area contributed by atoms with E-state index in [1.54, 1.807) is 0 Å². The first-order valence-electron chi connectivity index (χ1n) is 8.16. The molecule has 1 aromatic carbocycles. The molecule has 1 atom stereocenters. The minimum Gasteiger partial charge on any atom is -0.479 e. The monoisotopic (exact) mass is 346 g/mol. The van der Waals surface area contributed by atoms with Gasteiger partial charge in [-0.1, -0.05) is 13.3 Å². The van der Waals surface area contributed by atoms with Crippen LogP contribution in [-0.4, -0.2) is 31.6 Å². The van der Waals surface area contributed by atoms with Crippen molar-refractivity contribution in [2.45, 2.75) is 45.3 Å². The summed E-state index contributed by atoms with van der Waals surface area (Å²) in [6, 6.07) is 2.94. The van der Waals surface area contributed by atoms with Gasteiger partial charge >= 0.3 is 6.18 Å². The standard InChI is InChI=1S/C17H22F4N2O/c1-3-5-6-16-22-12(11-24-16)10-23(4-2)13-7-8-14(15(18)9-13)17(19,20)21/h7-9,12H,3-6,10-11H2,1-2H3/t12-/m1/s1. The second-order valence-corrected chi connectivity index (χ2v) is 5.79. The summed E-state index contributed by atoms with van der Waals surface area (Å²) in [7, 11) is 0. The van der Waals surface area contributed by atoms with Crippen LogP contribution in [0.5, 0.6) is 0 Å². The molecule has 0 N–H and O–H groups in total. The Bertz CT molecular complexity index is 586. The van der Waals surface area contributed by atoms with Gasteiger partial charge in [0.2, 0.25) is 0 Å². The van der Waals surface area contributed by atoms with Crippen molar-refractivity contribution in [3.05, 3.63) is 29.6 Å². The molecule has 134 valence electrons. The molecule has 0 spiro atoms. The van der Waals surface area contributed by atoms with Crippen LogP contribution in [0.25, 0.3) is 0 Å². The Hall–Kier alpha value is -1.79. The van der Waals surface area contributed by atoms with Gasteiger partial charge in [-0.25, -0.2) is 9.38 Å². The summed E-state index contributed by atoms with van der Waals surface area (Å²) in [5.41, 5.74) is -0.827. The van der Waals surface area contributed by atoms with Gasteiger partial charge in [0.05, 0.1) is 5.56 Å². The maximum atomic E-state index is 13.8. The molecule has 24 heavy (non-hydrogen) atoms. The van der Waals surface area contributed by atoms with Crippen LogP contribution in [0.15, 0.2) is 23.2 Å². The lowest BCUT2D eigenvalue weighted by atomic mass is 10.1. The molecule has 0 saturated heterocycles. The van der Waals surface area contributed by atoms with Crippen molar-refractivity contribution in [1.29, 1.82) is 0 Å². The van der Waals surface area contributed by atoms with Gasteiger partial charge in [-0.2, -0.15) is 13.2 Å². The van der Waals surface area contributed by atoms with Gasteiger partial charge in [0, 0.05) is 25.2 Å². The quantitative estimate of drug-likeness (QED) is 0.671. The minimum absolute atomic E-state index is 0.0813. The van der Waals surface area contributed by atoms with Crippen molar-refractivity contribution in [2.75, 3.05) is 24.6 Å². The van der Waals surface area contributed by atoms with E-state index >= 15 is 0 Å². The summed E-state index contributed by atoms with van der Waals surface area (Å²) in [4.78, 5) is 6.31. The number of halogens is 4. The minimum atomic E-state index is -4.68. The zero-order chi connectivity index (χ0) is 17.7. The summed E-state index contributed by atoms with van der Waals surface area (Å²) >= 11 is 0. The van der Waals surface area contributed by atoms with E-state index in [2.05, 4.69) is 11.9 Å². The second-order valence-electron chi connectivity index (χ2n) is 5.79. The molecular weight excluding hydrogens is 324 g/mol. The molecule has 1 aliphatic rings. The number of rotatable bonds is 7. The summed E-state index contributed by atoms with van der Waals surface area (Å²) in [6.45, 7) is 5.44. The SMILES string of the molecule is CCCCC1=N[C@H](CN(CC)c2ccc(C(F)(F)F)c(F)c2)CO1. The average molecular weight is 346 g/mol. The number of aliphatic imine (C=N–C) groups is 1. The number of unbranched alkanes of at least 4 members (excludes halogenated alkanes) is 1. The van der Waals surface area contributed by atoms with Crippen molar-refractivity contribution in [2.24, 2.45) is 4.99 Å². The zero-order valence-corrected chi connectivity index (χ0v) is 13.9. The number of hydrogen-bond acceptors (Lipinski definition) is 3. The fourth-order valence-corrected chi connectivity index (χ4v) is 2.63. The summed E-state index contributed by atoms with van der Waals surface area (Å²) in [5, 5.41) is 0. The van der Waals surface area contributed by atoms with E-state index in [0.29, 0.717) is 25.4 Å². The van der Waals surface area contributed by atoms with Crippen LogP contribution >= 0.6 is 0 Å². The molecule has 0 aliphatic carbocycles. The predicted octanol–water partition coefficient (Wildman–Crippen LogP) is 4.66. The molecule has 0 saturated carbocycles. The van der Waals surface area contributed by atoms with Crippen LogP contribution in [0.4, 0.5) is 23.2 Å². The molecule has 1 heterocycles. The first kappa shape index (κ1) is 18.5. The maximum Gasteiger partial charge on any atom is 0.419 e. The van der Waals surface area contributed by atoms with Gasteiger partial charge in [0.1, 0.15) is 18.5 Å².